The molecule has 1 fully saturated rings. The van der Waals surface area contributed by atoms with Gasteiger partial charge in [0.15, 0.2) is 11.5 Å². The monoisotopic (exact) mass is 225 g/mol. The molecule has 16 heavy (non-hydrogen) atoms. The number of hydrogen-bond acceptors (Lipinski definition) is 4. The van der Waals surface area contributed by atoms with Crippen LogP contribution < -0.4 is 5.73 Å². The molecule has 0 bridgehead atoms. The van der Waals surface area contributed by atoms with E-state index < -0.39 is 0 Å². The average Bonchev–Trinajstić information content (AvgIpc) is 2.82. The molecule has 1 aromatic carbocycles. The molecule has 4 N–H and O–H groups in total. The van der Waals surface area contributed by atoms with E-state index in [1.807, 2.05) is 0 Å². The zero-order valence-corrected chi connectivity index (χ0v) is 9.35. The molecule has 4 nitrogen and oxygen atoms in total. The third-order valence-corrected chi connectivity index (χ3v) is 2.30. The Bertz CT molecular complexity index is 304. The van der Waals surface area contributed by atoms with E-state index in [0.29, 0.717) is 13.0 Å². The minimum Gasteiger partial charge on any atom is -0.504 e. The Hall–Kier alpha value is -1.26. The van der Waals surface area contributed by atoms with Gasteiger partial charge in [0.2, 0.25) is 0 Å². The summed E-state index contributed by atoms with van der Waals surface area (Å²) in [4.78, 5) is 0. The van der Waals surface area contributed by atoms with Crippen LogP contribution in [-0.2, 0) is 11.2 Å². The van der Waals surface area contributed by atoms with Gasteiger partial charge in [0.25, 0.3) is 0 Å². The normalized spacial score (nSPS) is 14.3. The molecule has 1 saturated heterocycles. The Balaban J connectivity index is 0.000000212. The molecule has 0 amide bonds. The van der Waals surface area contributed by atoms with Gasteiger partial charge in [-0.15, -0.1) is 0 Å². The van der Waals surface area contributed by atoms with Gasteiger partial charge in [-0.2, -0.15) is 0 Å². The van der Waals surface area contributed by atoms with Gasteiger partial charge >= 0.3 is 0 Å². The smallest absolute Gasteiger partial charge is 0.157 e. The van der Waals surface area contributed by atoms with E-state index in [4.69, 9.17) is 20.7 Å². The Kier molecular flexibility index (Phi) is 5.67. The summed E-state index contributed by atoms with van der Waals surface area (Å²) >= 11 is 0. The van der Waals surface area contributed by atoms with Crippen LogP contribution in [-0.4, -0.2) is 30.0 Å². The van der Waals surface area contributed by atoms with E-state index in [2.05, 4.69) is 0 Å². The van der Waals surface area contributed by atoms with Crippen LogP contribution in [0.4, 0.5) is 0 Å². The van der Waals surface area contributed by atoms with Crippen molar-refractivity contribution in [2.75, 3.05) is 19.8 Å². The van der Waals surface area contributed by atoms with Crippen LogP contribution >= 0.6 is 0 Å². The first-order valence-corrected chi connectivity index (χ1v) is 5.52. The second kappa shape index (κ2) is 7.09. The zero-order valence-electron chi connectivity index (χ0n) is 9.35. The fourth-order valence-corrected chi connectivity index (χ4v) is 1.40. The van der Waals surface area contributed by atoms with Crippen molar-refractivity contribution in [3.05, 3.63) is 23.8 Å². The highest BCUT2D eigenvalue weighted by Gasteiger charge is 1.98. The molecule has 1 aliphatic heterocycles. The molecule has 0 atom stereocenters. The van der Waals surface area contributed by atoms with Crippen LogP contribution in [0.1, 0.15) is 18.4 Å². The van der Waals surface area contributed by atoms with Crippen molar-refractivity contribution in [2.24, 2.45) is 5.73 Å². The molecule has 0 aliphatic carbocycles. The number of nitrogens with two attached hydrogens (primary N) is 1. The number of aromatic hydroxyl groups is 2. The zero-order chi connectivity index (χ0) is 11.8. The van der Waals surface area contributed by atoms with Gasteiger partial charge in [-0.1, -0.05) is 6.07 Å². The predicted octanol–water partition coefficient (Wildman–Crippen LogP) is 1.40. The second-order valence-electron chi connectivity index (χ2n) is 3.68. The summed E-state index contributed by atoms with van der Waals surface area (Å²) in [5, 5.41) is 18.0. The molecular formula is C12H19NO3. The van der Waals surface area contributed by atoms with Gasteiger partial charge in [-0.05, 0) is 43.5 Å². The number of phenols is 2. The summed E-state index contributed by atoms with van der Waals surface area (Å²) in [5.74, 6) is -0.179. The van der Waals surface area contributed by atoms with Gasteiger partial charge in [-0.3, -0.25) is 0 Å². The van der Waals surface area contributed by atoms with Crippen molar-refractivity contribution in [1.29, 1.82) is 0 Å². The van der Waals surface area contributed by atoms with Gasteiger partial charge < -0.3 is 20.7 Å². The van der Waals surface area contributed by atoms with Crippen molar-refractivity contribution < 1.29 is 14.9 Å². The molecule has 90 valence electrons. The van der Waals surface area contributed by atoms with Crippen LogP contribution in [0.25, 0.3) is 0 Å². The molecule has 0 aromatic heterocycles. The highest BCUT2D eigenvalue weighted by molar-refractivity contribution is 5.40. The molecule has 4 heteroatoms. The first-order chi connectivity index (χ1) is 7.74. The quantitative estimate of drug-likeness (QED) is 0.665. The van der Waals surface area contributed by atoms with Crippen LogP contribution in [0.5, 0.6) is 11.5 Å². The second-order valence-corrected chi connectivity index (χ2v) is 3.68. The van der Waals surface area contributed by atoms with Crippen molar-refractivity contribution in [1.82, 2.24) is 0 Å². The molecule has 0 spiro atoms. The summed E-state index contributed by atoms with van der Waals surface area (Å²) < 4.78 is 4.94. The minimum atomic E-state index is -0.0919. The lowest BCUT2D eigenvalue weighted by Crippen LogP contribution is -2.02. The summed E-state index contributed by atoms with van der Waals surface area (Å²) in [6, 6.07) is 4.71. The van der Waals surface area contributed by atoms with Crippen LogP contribution in [0, 0.1) is 0 Å². The highest BCUT2D eigenvalue weighted by atomic mass is 16.5. The average molecular weight is 225 g/mol. The van der Waals surface area contributed by atoms with Crippen molar-refractivity contribution in [3.8, 4) is 11.5 Å². The summed E-state index contributed by atoms with van der Waals surface area (Å²) in [7, 11) is 0. The SMILES string of the molecule is C1CCOC1.NCCc1ccc(O)c(O)c1. The summed E-state index contributed by atoms with van der Waals surface area (Å²) in [5.41, 5.74) is 6.24. The maximum atomic E-state index is 9.04. The largest absolute Gasteiger partial charge is 0.504 e. The first kappa shape index (κ1) is 12.8. The topological polar surface area (TPSA) is 75.7 Å². The Labute approximate surface area is 95.7 Å². The third kappa shape index (κ3) is 4.51. The number of benzene rings is 1. The van der Waals surface area contributed by atoms with Crippen LogP contribution in [0.15, 0.2) is 18.2 Å². The highest BCUT2D eigenvalue weighted by Crippen LogP contribution is 2.24. The Morgan fingerprint density at radius 2 is 1.81 bits per heavy atom. The number of phenolic OH excluding ortho intramolecular Hbond substituents is 2. The minimum absolute atomic E-state index is 0.0871. The lowest BCUT2D eigenvalue weighted by molar-refractivity contribution is 0.198. The predicted molar refractivity (Wildman–Crippen MR) is 62.6 cm³/mol. The first-order valence-electron chi connectivity index (χ1n) is 5.52. The van der Waals surface area contributed by atoms with Crippen molar-refractivity contribution >= 4 is 0 Å². The fourth-order valence-electron chi connectivity index (χ4n) is 1.40. The fraction of sp³-hybridized carbons (Fsp3) is 0.500. The maximum absolute atomic E-state index is 9.04. The van der Waals surface area contributed by atoms with Crippen molar-refractivity contribution in [3.63, 3.8) is 0 Å². The Morgan fingerprint density at radius 3 is 2.25 bits per heavy atom. The molecule has 0 unspecified atom stereocenters. The van der Waals surface area contributed by atoms with Gasteiger partial charge in [0.05, 0.1) is 0 Å². The van der Waals surface area contributed by atoms with Crippen molar-refractivity contribution in [2.45, 2.75) is 19.3 Å². The Morgan fingerprint density at radius 1 is 1.12 bits per heavy atom. The van der Waals surface area contributed by atoms with E-state index in [1.54, 1.807) is 6.07 Å². The van der Waals surface area contributed by atoms with E-state index in [9.17, 15) is 0 Å². The van der Waals surface area contributed by atoms with Gasteiger partial charge in [0, 0.05) is 13.2 Å². The molecule has 1 aliphatic rings. The molecule has 2 rings (SSSR count). The van der Waals surface area contributed by atoms with Gasteiger partial charge in [-0.25, -0.2) is 0 Å². The van der Waals surface area contributed by atoms with Gasteiger partial charge in [0.1, 0.15) is 0 Å². The maximum Gasteiger partial charge on any atom is 0.157 e. The molecular weight excluding hydrogens is 206 g/mol. The van der Waals surface area contributed by atoms with Crippen LogP contribution in [0.2, 0.25) is 0 Å². The lowest BCUT2D eigenvalue weighted by Gasteiger charge is -2.00. The third-order valence-electron chi connectivity index (χ3n) is 2.30. The number of ether oxygens (including phenoxy) is 1. The molecule has 1 aromatic rings. The van der Waals surface area contributed by atoms with E-state index in [0.717, 1.165) is 18.8 Å². The molecule has 0 saturated carbocycles. The van der Waals surface area contributed by atoms with E-state index in [1.165, 1.54) is 25.0 Å². The molecule has 0 radical (unpaired) electrons. The molecule has 1 heterocycles. The number of hydrogen-bond donors (Lipinski definition) is 3. The number of rotatable bonds is 2. The standard InChI is InChI=1S/C8H11NO2.C4H8O/c9-4-3-6-1-2-7(10)8(11)5-6;1-2-4-5-3-1/h1-2,5,10-11H,3-4,9H2;1-4H2. The van der Waals surface area contributed by atoms with E-state index >= 15 is 0 Å². The van der Waals surface area contributed by atoms with E-state index in [-0.39, 0.29) is 11.5 Å². The summed E-state index contributed by atoms with van der Waals surface area (Å²) in [6.07, 6.45) is 3.27. The summed E-state index contributed by atoms with van der Waals surface area (Å²) in [6.45, 7) is 2.55. The lowest BCUT2D eigenvalue weighted by atomic mass is 10.1. The van der Waals surface area contributed by atoms with Crippen LogP contribution in [0.3, 0.4) is 0 Å².